The van der Waals surface area contributed by atoms with Crippen LogP contribution in [0.15, 0.2) is 146 Å². The number of alkyl carbamates (subject to hydrolysis) is 2. The number of unbranched alkanes of at least 4 members (excludes halogenated alkanes) is 2. The molecule has 2 aliphatic heterocycles. The first-order valence-electron chi connectivity index (χ1n) is 31.7. The molecule has 0 radical (unpaired) electrons. The SMILES string of the molecule is COC(=O)[C@H](CCCCNC(=O)c1cc2c(cc1C(=O)NCCc1ccc(Cl)cc1)CN(C(=O)C/C=C/CC(=O)N1Cc3cc(C(=O)NCCCC[C@H](NC(=O)OCc4ccccc4)C(=O)OC)c(C(=O)NCCc4ccc(Cl)cc4)cc3C1)C2)NC(=O)OCc1ccccc1. The highest BCUT2D eigenvalue weighted by molar-refractivity contribution is 6.30. The van der Waals surface area contributed by atoms with Gasteiger partial charge in [-0.05, 0) is 144 Å². The summed E-state index contributed by atoms with van der Waals surface area (Å²) in [7, 11) is 2.44. The van der Waals surface area contributed by atoms with Crippen LogP contribution < -0.4 is 31.9 Å². The predicted octanol–water partition coefficient (Wildman–Crippen LogP) is 9.40. The van der Waals surface area contributed by atoms with Gasteiger partial charge in [0.1, 0.15) is 25.3 Å². The third-order valence-corrected chi connectivity index (χ3v) is 16.7. The van der Waals surface area contributed by atoms with Crippen molar-refractivity contribution < 1.29 is 66.9 Å². The van der Waals surface area contributed by atoms with E-state index in [0.29, 0.717) is 70.8 Å². The summed E-state index contributed by atoms with van der Waals surface area (Å²) in [6.07, 6.45) is 4.57. The van der Waals surface area contributed by atoms with Crippen molar-refractivity contribution >= 4 is 82.8 Å². The van der Waals surface area contributed by atoms with E-state index in [-0.39, 0.29) is 125 Å². The van der Waals surface area contributed by atoms with Gasteiger partial charge >= 0.3 is 24.1 Å². The van der Waals surface area contributed by atoms with Gasteiger partial charge in [0.25, 0.3) is 23.6 Å². The Bertz CT molecular complexity index is 3520. The summed E-state index contributed by atoms with van der Waals surface area (Å²) in [6.45, 7) is 1.53. The highest BCUT2D eigenvalue weighted by atomic mass is 35.5. The molecule has 8 amide bonds. The number of halogens is 2. The fourth-order valence-corrected chi connectivity index (χ4v) is 11.2. The molecular formula is C72H78Cl2N8O14. The van der Waals surface area contributed by atoms with Crippen molar-refractivity contribution in [2.45, 2.75) is 116 Å². The highest BCUT2D eigenvalue weighted by Crippen LogP contribution is 2.30. The van der Waals surface area contributed by atoms with Crippen LogP contribution in [0.1, 0.15) is 137 Å². The van der Waals surface area contributed by atoms with E-state index in [1.807, 2.05) is 60.7 Å². The monoisotopic (exact) mass is 1350 g/mol. The summed E-state index contributed by atoms with van der Waals surface area (Å²) in [5.74, 6) is -3.82. The molecular weight excluding hydrogens is 1270 g/mol. The normalized spacial score (nSPS) is 12.7. The summed E-state index contributed by atoms with van der Waals surface area (Å²) in [6, 6.07) is 37.2. The van der Waals surface area contributed by atoms with E-state index in [1.165, 1.54) is 14.2 Å². The van der Waals surface area contributed by atoms with Crippen LogP contribution in [0.4, 0.5) is 9.59 Å². The van der Waals surface area contributed by atoms with E-state index in [1.54, 1.807) is 94.7 Å². The Hall–Kier alpha value is -10.1. The van der Waals surface area contributed by atoms with Crippen LogP contribution in [0.3, 0.4) is 0 Å². The zero-order valence-corrected chi connectivity index (χ0v) is 55.0. The van der Waals surface area contributed by atoms with Crippen molar-refractivity contribution in [1.29, 1.82) is 0 Å². The van der Waals surface area contributed by atoms with E-state index in [2.05, 4.69) is 31.9 Å². The molecule has 96 heavy (non-hydrogen) atoms. The molecule has 0 spiro atoms. The van der Waals surface area contributed by atoms with Gasteiger partial charge in [0.05, 0.1) is 36.5 Å². The fourth-order valence-electron chi connectivity index (χ4n) is 10.9. The molecule has 22 nitrogen and oxygen atoms in total. The second-order valence-corrected chi connectivity index (χ2v) is 23.9. The van der Waals surface area contributed by atoms with Crippen molar-refractivity contribution in [1.82, 2.24) is 41.7 Å². The number of ether oxygens (including phenoxy) is 4. The van der Waals surface area contributed by atoms with Crippen LogP contribution in [0.2, 0.25) is 10.0 Å². The molecule has 2 atom stereocenters. The molecule has 0 aromatic heterocycles. The van der Waals surface area contributed by atoms with Crippen LogP contribution >= 0.6 is 23.2 Å². The van der Waals surface area contributed by atoms with Crippen LogP contribution in [0.5, 0.6) is 0 Å². The molecule has 24 heteroatoms. The van der Waals surface area contributed by atoms with E-state index < -0.39 is 59.8 Å². The minimum atomic E-state index is -0.994. The van der Waals surface area contributed by atoms with Gasteiger partial charge in [-0.25, -0.2) is 19.2 Å². The molecule has 8 rings (SSSR count). The number of rotatable bonds is 32. The number of fused-ring (bicyclic) bond motifs is 2. The maximum Gasteiger partial charge on any atom is 0.408 e. The third-order valence-electron chi connectivity index (χ3n) is 16.2. The Balaban J connectivity index is 0.848. The molecule has 0 unspecified atom stereocenters. The standard InChI is InChI=1S/C72H78Cl2N8O14/c1-93-69(89)61(79-71(91)95-45-49-15-5-3-6-16-49)19-11-13-33-75-65(85)57-37-51-41-81(43-53(51)39-59(57)67(87)77-35-31-47-23-27-55(73)28-24-47)63(83)21-9-10-22-64(84)82-42-52-38-58(60(40-54(52)44-82)68(88)78-36-32-48-25-29-56(74)30-26-48)66(86)76-34-14-12-20-62(70(90)94-2)80-72(92)96-46-50-17-7-4-8-18-50/h3-10,15-18,23-30,37-40,61-62H,11-14,19-22,31-36,41-46H2,1-2H3,(H,75,85)(H,76,86)(H,77,87)(H,78,88)(H,79,91)(H,80,92)/b10-9+/t61-,62-/m0/s1. The maximum atomic E-state index is 14.0. The van der Waals surface area contributed by atoms with Gasteiger partial charge in [0.15, 0.2) is 0 Å². The molecule has 0 saturated heterocycles. The number of esters is 2. The number of amides is 8. The van der Waals surface area contributed by atoms with Crippen LogP contribution in [-0.4, -0.2) is 122 Å². The summed E-state index contributed by atoms with van der Waals surface area (Å²) < 4.78 is 20.4. The largest absolute Gasteiger partial charge is 0.467 e. The first kappa shape index (κ1) is 71.8. The predicted molar refractivity (Wildman–Crippen MR) is 358 cm³/mol. The lowest BCUT2D eigenvalue weighted by Gasteiger charge is -2.17. The number of carbonyl (C=O) groups excluding carboxylic acids is 10. The smallest absolute Gasteiger partial charge is 0.408 e. The van der Waals surface area contributed by atoms with E-state index >= 15 is 0 Å². The van der Waals surface area contributed by atoms with Crippen LogP contribution in [0.25, 0.3) is 0 Å². The molecule has 2 aliphatic rings. The third kappa shape index (κ3) is 21.7. The second-order valence-electron chi connectivity index (χ2n) is 23.0. The van der Waals surface area contributed by atoms with Gasteiger partial charge in [0, 0.05) is 75.2 Å². The average Bonchev–Trinajstić information content (AvgIpc) is 1.61. The molecule has 6 N–H and O–H groups in total. The summed E-state index contributed by atoms with van der Waals surface area (Å²) in [5, 5.41) is 17.9. The van der Waals surface area contributed by atoms with E-state index in [4.69, 9.17) is 42.1 Å². The molecule has 2 heterocycles. The number of nitrogens with zero attached hydrogens (tertiary/aromatic N) is 2. The zero-order chi connectivity index (χ0) is 68.3. The van der Waals surface area contributed by atoms with Gasteiger partial charge in [0.2, 0.25) is 11.8 Å². The number of carbonyl (C=O) groups is 10. The van der Waals surface area contributed by atoms with Crippen molar-refractivity contribution in [3.8, 4) is 0 Å². The zero-order valence-electron chi connectivity index (χ0n) is 53.5. The molecule has 6 aromatic rings. The molecule has 6 aromatic carbocycles. The lowest BCUT2D eigenvalue weighted by molar-refractivity contribution is -0.144. The molecule has 0 bridgehead atoms. The Morgan fingerprint density at radius 3 is 1.07 bits per heavy atom. The van der Waals surface area contributed by atoms with Gasteiger partial charge in [-0.15, -0.1) is 0 Å². The van der Waals surface area contributed by atoms with Crippen LogP contribution in [0, 0.1) is 0 Å². The topological polar surface area (TPSA) is 286 Å². The first-order valence-corrected chi connectivity index (χ1v) is 32.4. The molecule has 0 fully saturated rings. The molecule has 504 valence electrons. The minimum Gasteiger partial charge on any atom is -0.467 e. The Morgan fingerprint density at radius 1 is 0.427 bits per heavy atom. The maximum absolute atomic E-state index is 14.0. The van der Waals surface area contributed by atoms with E-state index in [0.717, 1.165) is 22.3 Å². The quantitative estimate of drug-likeness (QED) is 0.00993. The number of hydrogen-bond donors (Lipinski definition) is 6. The lowest BCUT2D eigenvalue weighted by Crippen LogP contribution is -2.41. The highest BCUT2D eigenvalue weighted by Gasteiger charge is 2.31. The lowest BCUT2D eigenvalue weighted by atomic mass is 9.98. The van der Waals surface area contributed by atoms with E-state index in [9.17, 15) is 47.9 Å². The minimum absolute atomic E-state index is 0.0105. The molecule has 0 saturated carbocycles. The molecule has 0 aliphatic carbocycles. The average molecular weight is 1350 g/mol. The van der Waals surface area contributed by atoms with Gasteiger partial charge in [-0.1, -0.05) is 120 Å². The van der Waals surface area contributed by atoms with Crippen molar-refractivity contribution in [2.75, 3.05) is 40.4 Å². The summed E-state index contributed by atoms with van der Waals surface area (Å²) in [4.78, 5) is 137. The van der Waals surface area contributed by atoms with Gasteiger partial charge in [-0.2, -0.15) is 0 Å². The summed E-state index contributed by atoms with van der Waals surface area (Å²) in [5.41, 5.74) is 6.64. The second kappa shape index (κ2) is 36.6. The number of hydrogen-bond acceptors (Lipinski definition) is 14. The first-order chi connectivity index (χ1) is 46.4. The van der Waals surface area contributed by atoms with Crippen molar-refractivity contribution in [3.05, 3.63) is 222 Å². The number of benzene rings is 6. The van der Waals surface area contributed by atoms with Gasteiger partial charge in [-0.3, -0.25) is 28.8 Å². The number of nitrogens with one attached hydrogen (secondary N) is 6. The van der Waals surface area contributed by atoms with Crippen molar-refractivity contribution in [2.24, 2.45) is 0 Å². The van der Waals surface area contributed by atoms with Crippen molar-refractivity contribution in [3.63, 3.8) is 0 Å². The Morgan fingerprint density at radius 2 is 0.750 bits per heavy atom. The van der Waals surface area contributed by atoms with Gasteiger partial charge < -0.3 is 60.6 Å². The fraction of sp³-hybridized carbons (Fsp3) is 0.333. The van der Waals surface area contributed by atoms with Crippen LogP contribution in [-0.2, 0) is 90.4 Å². The Kier molecular flexibility index (Phi) is 27.3. The summed E-state index contributed by atoms with van der Waals surface area (Å²) >= 11 is 12.2. The Labute approximate surface area is 567 Å². The number of methoxy groups -OCH3 is 2.